The lowest BCUT2D eigenvalue weighted by Gasteiger charge is -1.93. The number of nitrogens with two attached hydrogens (primary N) is 1. The van der Waals surface area contributed by atoms with E-state index >= 15 is 0 Å². The predicted molar refractivity (Wildman–Crippen MR) is 85.2 cm³/mol. The molecule has 0 radical (unpaired) electrons. The Kier molecular flexibility index (Phi) is 12.1. The Morgan fingerprint density at radius 3 is 2.23 bits per heavy atom. The van der Waals surface area contributed by atoms with Gasteiger partial charge in [-0.2, -0.15) is 0 Å². The minimum absolute atomic E-state index is 0.218. The first-order chi connectivity index (χ1) is 10.6. The molecule has 0 fully saturated rings. The van der Waals surface area contributed by atoms with E-state index in [9.17, 15) is 10.1 Å². The number of phenols is 1. The average Bonchev–Trinajstić information content (AvgIpc) is 3.04. The normalized spacial score (nSPS) is 9.00. The van der Waals surface area contributed by atoms with Crippen molar-refractivity contribution in [2.24, 2.45) is 5.84 Å². The highest BCUT2D eigenvalue weighted by Gasteiger charge is 2.04. The molecule has 0 aliphatic rings. The summed E-state index contributed by atoms with van der Waals surface area (Å²) >= 11 is 0. The van der Waals surface area contributed by atoms with Crippen molar-refractivity contribution in [2.45, 2.75) is 26.2 Å². The minimum Gasteiger partial charge on any atom is -0.508 e. The Hall–Kier alpha value is -2.38. The van der Waals surface area contributed by atoms with Crippen molar-refractivity contribution in [3.05, 3.63) is 58.8 Å². The first-order valence-corrected chi connectivity index (χ1v) is 6.97. The second-order valence-corrected chi connectivity index (χ2v) is 4.21. The molecule has 22 heavy (non-hydrogen) atoms. The van der Waals surface area contributed by atoms with E-state index in [1.165, 1.54) is 37.7 Å². The highest BCUT2D eigenvalue weighted by molar-refractivity contribution is 5.18. The third-order valence-corrected chi connectivity index (χ3v) is 2.37. The third-order valence-electron chi connectivity index (χ3n) is 2.37. The van der Waals surface area contributed by atoms with Gasteiger partial charge in [0.05, 0.1) is 12.3 Å². The van der Waals surface area contributed by atoms with Gasteiger partial charge in [-0.15, -0.1) is 0 Å². The van der Waals surface area contributed by atoms with Crippen LogP contribution in [0.5, 0.6) is 5.75 Å². The Labute approximate surface area is 129 Å². The van der Waals surface area contributed by atoms with Crippen molar-refractivity contribution >= 4 is 5.88 Å². The van der Waals surface area contributed by atoms with Crippen LogP contribution < -0.4 is 11.3 Å². The van der Waals surface area contributed by atoms with Crippen LogP contribution in [-0.2, 0) is 0 Å². The number of nitrogens with one attached hydrogen (secondary N) is 1. The fourth-order valence-electron chi connectivity index (χ4n) is 1.28. The van der Waals surface area contributed by atoms with Gasteiger partial charge in [-0.1, -0.05) is 38.0 Å². The molecule has 0 saturated carbocycles. The van der Waals surface area contributed by atoms with E-state index < -0.39 is 4.92 Å². The molecule has 122 valence electrons. The van der Waals surface area contributed by atoms with E-state index in [-0.39, 0.29) is 5.88 Å². The van der Waals surface area contributed by atoms with Gasteiger partial charge < -0.3 is 9.52 Å². The van der Waals surface area contributed by atoms with Crippen molar-refractivity contribution in [2.75, 3.05) is 6.54 Å². The molecular formula is C15H23N3O4. The van der Waals surface area contributed by atoms with Crippen molar-refractivity contribution in [1.82, 2.24) is 5.43 Å². The summed E-state index contributed by atoms with van der Waals surface area (Å²) in [6.07, 6.45) is 5.01. The average molecular weight is 309 g/mol. The van der Waals surface area contributed by atoms with Crippen LogP contribution in [0, 0.1) is 10.1 Å². The monoisotopic (exact) mass is 309 g/mol. The van der Waals surface area contributed by atoms with Gasteiger partial charge >= 0.3 is 5.88 Å². The van der Waals surface area contributed by atoms with Gasteiger partial charge in [0.1, 0.15) is 10.7 Å². The van der Waals surface area contributed by atoms with Crippen LogP contribution in [-0.4, -0.2) is 16.6 Å². The summed E-state index contributed by atoms with van der Waals surface area (Å²) in [7, 11) is 0. The van der Waals surface area contributed by atoms with Gasteiger partial charge in [-0.05, 0) is 24.6 Å². The summed E-state index contributed by atoms with van der Waals surface area (Å²) in [6.45, 7) is 3.13. The molecule has 0 aliphatic heterocycles. The molecule has 2 aromatic rings. The molecule has 0 unspecified atom stereocenters. The van der Waals surface area contributed by atoms with Gasteiger partial charge in [-0.25, -0.2) is 0 Å². The molecule has 0 bridgehead atoms. The molecule has 2 rings (SSSR count). The molecular weight excluding hydrogens is 286 g/mol. The highest BCUT2D eigenvalue weighted by atomic mass is 16.6. The fraction of sp³-hybridized carbons (Fsp3) is 0.333. The van der Waals surface area contributed by atoms with Crippen LogP contribution in [0.25, 0.3) is 0 Å². The second-order valence-electron chi connectivity index (χ2n) is 4.21. The fourth-order valence-corrected chi connectivity index (χ4v) is 1.28. The predicted octanol–water partition coefficient (Wildman–Crippen LogP) is 3.22. The van der Waals surface area contributed by atoms with Crippen molar-refractivity contribution in [3.63, 3.8) is 0 Å². The number of unbranched alkanes of at least 4 members (excludes halogenated alkanes) is 2. The summed E-state index contributed by atoms with van der Waals surface area (Å²) in [5.41, 5.74) is 2.60. The zero-order valence-electron chi connectivity index (χ0n) is 12.6. The molecule has 0 atom stereocenters. The van der Waals surface area contributed by atoms with Crippen molar-refractivity contribution in [3.8, 4) is 5.75 Å². The maximum atomic E-state index is 9.77. The highest BCUT2D eigenvalue weighted by Crippen LogP contribution is 2.08. The van der Waals surface area contributed by atoms with E-state index in [0.717, 1.165) is 6.54 Å². The summed E-state index contributed by atoms with van der Waals surface area (Å²) in [4.78, 5) is 9.19. The van der Waals surface area contributed by atoms with Crippen LogP contribution in [0.15, 0.2) is 53.1 Å². The Morgan fingerprint density at radius 2 is 1.91 bits per heavy atom. The molecule has 1 aromatic carbocycles. The van der Waals surface area contributed by atoms with Crippen LogP contribution in [0.2, 0.25) is 0 Å². The molecule has 4 N–H and O–H groups in total. The van der Waals surface area contributed by atoms with Gasteiger partial charge in [0.15, 0.2) is 0 Å². The maximum absolute atomic E-state index is 9.77. The molecule has 0 spiro atoms. The van der Waals surface area contributed by atoms with E-state index in [2.05, 4.69) is 16.8 Å². The van der Waals surface area contributed by atoms with Crippen LogP contribution in [0.1, 0.15) is 26.2 Å². The SMILES string of the molecule is CCCCCNN.O=[N+]([O-])c1ccco1.Oc1ccccc1. The Morgan fingerprint density at radius 1 is 1.23 bits per heavy atom. The zero-order valence-corrected chi connectivity index (χ0v) is 12.6. The number of hydrogen-bond donors (Lipinski definition) is 3. The number of phenolic OH excluding ortho intramolecular Hbond substituents is 1. The standard InChI is InChI=1S/C6H6O.C5H14N2.C4H3NO3/c7-6-4-2-1-3-5-6;1-2-3-4-5-7-6;6-5(7)4-2-1-3-8-4/h1-5,7H;7H,2-6H2,1H3;1-3H. The minimum atomic E-state index is -0.583. The number of furan rings is 1. The topological polar surface area (TPSA) is 115 Å². The van der Waals surface area contributed by atoms with Gasteiger partial charge in [0.25, 0.3) is 0 Å². The lowest BCUT2D eigenvalue weighted by atomic mass is 10.3. The zero-order chi connectivity index (χ0) is 16.6. The smallest absolute Gasteiger partial charge is 0.432 e. The number of para-hydroxylation sites is 1. The summed E-state index contributed by atoms with van der Waals surface area (Å²) < 4.78 is 4.40. The summed E-state index contributed by atoms with van der Waals surface area (Å²) in [6, 6.07) is 11.5. The molecule has 1 aromatic heterocycles. The number of rotatable bonds is 5. The third kappa shape index (κ3) is 11.4. The molecule has 1 heterocycles. The number of hydrazine groups is 1. The van der Waals surface area contributed by atoms with Crippen LogP contribution in [0.3, 0.4) is 0 Å². The molecule has 0 amide bonds. The number of aromatic hydroxyl groups is 1. The van der Waals surface area contributed by atoms with Crippen molar-refractivity contribution < 1.29 is 14.4 Å². The summed E-state index contributed by atoms with van der Waals surface area (Å²) in [5.74, 6) is 5.12. The molecule has 7 heteroatoms. The molecule has 0 saturated heterocycles. The molecule has 0 aliphatic carbocycles. The Bertz CT molecular complexity index is 471. The van der Waals surface area contributed by atoms with Gasteiger partial charge in [0, 0.05) is 6.54 Å². The van der Waals surface area contributed by atoms with E-state index in [1.807, 2.05) is 6.07 Å². The quantitative estimate of drug-likeness (QED) is 0.338. The van der Waals surface area contributed by atoms with Crippen molar-refractivity contribution in [1.29, 1.82) is 0 Å². The number of benzene rings is 1. The first kappa shape index (κ1) is 19.6. The first-order valence-electron chi connectivity index (χ1n) is 6.97. The lowest BCUT2D eigenvalue weighted by Crippen LogP contribution is -2.22. The van der Waals surface area contributed by atoms with Crippen LogP contribution >= 0.6 is 0 Å². The largest absolute Gasteiger partial charge is 0.508 e. The van der Waals surface area contributed by atoms with E-state index in [0.29, 0.717) is 5.75 Å². The maximum Gasteiger partial charge on any atom is 0.432 e. The summed E-state index contributed by atoms with van der Waals surface area (Å²) in [5, 5.41) is 18.4. The lowest BCUT2D eigenvalue weighted by molar-refractivity contribution is -0.402. The number of hydrogen-bond acceptors (Lipinski definition) is 6. The van der Waals surface area contributed by atoms with Gasteiger partial charge in [0.2, 0.25) is 0 Å². The second kappa shape index (κ2) is 13.6. The number of nitro groups is 1. The Balaban J connectivity index is 0.000000302. The van der Waals surface area contributed by atoms with Crippen LogP contribution in [0.4, 0.5) is 5.88 Å². The molecule has 7 nitrogen and oxygen atoms in total. The van der Waals surface area contributed by atoms with E-state index in [1.54, 1.807) is 24.3 Å². The van der Waals surface area contributed by atoms with E-state index in [4.69, 9.17) is 10.9 Å². The number of nitrogens with zero attached hydrogens (tertiary/aromatic N) is 1. The van der Waals surface area contributed by atoms with Gasteiger partial charge in [-0.3, -0.25) is 21.4 Å².